The molecule has 0 aliphatic carbocycles. The molecule has 1 N–H and O–H groups in total. The molecule has 0 unspecified atom stereocenters. The number of hydrogen-bond acceptors (Lipinski definition) is 4. The molecule has 78 valence electrons. The minimum Gasteiger partial charge on any atom is -0.478 e. The highest BCUT2D eigenvalue weighted by atomic mass is 32.1. The zero-order chi connectivity index (χ0) is 10.8. The first-order chi connectivity index (χ1) is 7.22. The van der Waals surface area contributed by atoms with Gasteiger partial charge in [0.15, 0.2) is 0 Å². The molecule has 0 saturated heterocycles. The molecule has 0 fully saturated rings. The van der Waals surface area contributed by atoms with Crippen LogP contribution >= 0.6 is 11.3 Å². The fraction of sp³-hybridized carbons (Fsp3) is 0.222. The van der Waals surface area contributed by atoms with Gasteiger partial charge in [-0.3, -0.25) is 0 Å². The molecule has 15 heavy (non-hydrogen) atoms. The molecule has 2 rings (SSSR count). The predicted molar refractivity (Wildman–Crippen MR) is 56.0 cm³/mol. The molecule has 0 saturated carbocycles. The van der Waals surface area contributed by atoms with Gasteiger partial charge in [0.25, 0.3) is 0 Å². The molecular formula is C9H9N3O2S. The Bertz CT molecular complexity index is 489. The number of rotatable bonds is 3. The van der Waals surface area contributed by atoms with Crippen LogP contribution in [-0.2, 0) is 6.54 Å². The fourth-order valence-electron chi connectivity index (χ4n) is 1.26. The summed E-state index contributed by atoms with van der Waals surface area (Å²) in [5.41, 5.74) is 1.16. The standard InChI is InChI=1S/C9H9N3O2S/c1-2-12-7(4-10-11-12)8-3-6(5-15-8)9(13)14/h3-5H,2H2,1H3,(H,13,14). The molecule has 0 aliphatic heterocycles. The SMILES string of the molecule is CCn1nncc1-c1cc(C(=O)O)cs1. The van der Waals surface area contributed by atoms with Crippen LogP contribution in [0.15, 0.2) is 17.6 Å². The number of aromatic nitrogens is 3. The van der Waals surface area contributed by atoms with Crippen LogP contribution in [0.5, 0.6) is 0 Å². The van der Waals surface area contributed by atoms with Gasteiger partial charge in [0.05, 0.1) is 22.3 Å². The third-order valence-electron chi connectivity index (χ3n) is 2.02. The molecule has 2 aromatic rings. The Balaban J connectivity index is 2.41. The Morgan fingerprint density at radius 2 is 2.47 bits per heavy atom. The minimum absolute atomic E-state index is 0.304. The van der Waals surface area contributed by atoms with Crippen molar-refractivity contribution in [1.29, 1.82) is 0 Å². The average Bonchev–Trinajstić information content (AvgIpc) is 2.85. The molecule has 2 heterocycles. The molecule has 0 bridgehead atoms. The van der Waals surface area contributed by atoms with E-state index < -0.39 is 5.97 Å². The summed E-state index contributed by atoms with van der Waals surface area (Å²) >= 11 is 1.38. The van der Waals surface area contributed by atoms with Gasteiger partial charge in [0.1, 0.15) is 0 Å². The van der Waals surface area contributed by atoms with Gasteiger partial charge in [-0.2, -0.15) is 0 Å². The Morgan fingerprint density at radius 1 is 1.67 bits per heavy atom. The molecule has 2 aromatic heterocycles. The third kappa shape index (κ3) is 1.75. The number of aryl methyl sites for hydroxylation is 1. The van der Waals surface area contributed by atoms with Crippen LogP contribution < -0.4 is 0 Å². The van der Waals surface area contributed by atoms with Crippen molar-refractivity contribution in [2.45, 2.75) is 13.5 Å². The zero-order valence-electron chi connectivity index (χ0n) is 8.04. The molecular weight excluding hydrogens is 214 g/mol. The zero-order valence-corrected chi connectivity index (χ0v) is 8.86. The fourth-order valence-corrected chi connectivity index (χ4v) is 2.16. The van der Waals surface area contributed by atoms with Gasteiger partial charge in [0.2, 0.25) is 0 Å². The van der Waals surface area contributed by atoms with Crippen LogP contribution in [0.4, 0.5) is 0 Å². The Labute approximate surface area is 90.0 Å². The number of carbonyl (C=O) groups is 1. The van der Waals surface area contributed by atoms with Crippen molar-refractivity contribution in [3.63, 3.8) is 0 Å². The van der Waals surface area contributed by atoms with Crippen molar-refractivity contribution < 1.29 is 9.90 Å². The van der Waals surface area contributed by atoms with Crippen LogP contribution in [0.3, 0.4) is 0 Å². The number of nitrogens with zero attached hydrogens (tertiary/aromatic N) is 3. The lowest BCUT2D eigenvalue weighted by Gasteiger charge is -1.98. The first-order valence-electron chi connectivity index (χ1n) is 4.43. The molecule has 0 atom stereocenters. The van der Waals surface area contributed by atoms with E-state index in [0.29, 0.717) is 5.56 Å². The minimum atomic E-state index is -0.909. The van der Waals surface area contributed by atoms with Gasteiger partial charge in [-0.05, 0) is 13.0 Å². The van der Waals surface area contributed by atoms with Gasteiger partial charge in [0, 0.05) is 11.9 Å². The molecule has 0 spiro atoms. The normalized spacial score (nSPS) is 10.5. The lowest BCUT2D eigenvalue weighted by Crippen LogP contribution is -1.98. The van der Waals surface area contributed by atoms with Crippen LogP contribution in [0.2, 0.25) is 0 Å². The van der Waals surface area contributed by atoms with E-state index in [-0.39, 0.29) is 0 Å². The highest BCUT2D eigenvalue weighted by molar-refractivity contribution is 7.13. The van der Waals surface area contributed by atoms with Crippen molar-refractivity contribution in [2.75, 3.05) is 0 Å². The highest BCUT2D eigenvalue weighted by Crippen LogP contribution is 2.26. The second-order valence-electron chi connectivity index (χ2n) is 2.94. The van der Waals surface area contributed by atoms with Crippen molar-refractivity contribution in [3.8, 4) is 10.6 Å². The highest BCUT2D eigenvalue weighted by Gasteiger charge is 2.11. The van der Waals surface area contributed by atoms with Crippen LogP contribution in [0.1, 0.15) is 17.3 Å². The first-order valence-corrected chi connectivity index (χ1v) is 5.31. The first kappa shape index (κ1) is 9.85. The van der Waals surface area contributed by atoms with Crippen LogP contribution in [0.25, 0.3) is 10.6 Å². The number of hydrogen-bond donors (Lipinski definition) is 1. The van der Waals surface area contributed by atoms with E-state index in [1.807, 2.05) is 6.92 Å². The van der Waals surface area contributed by atoms with E-state index in [9.17, 15) is 4.79 Å². The maximum atomic E-state index is 10.7. The van der Waals surface area contributed by atoms with E-state index in [0.717, 1.165) is 17.1 Å². The van der Waals surface area contributed by atoms with Crippen molar-refractivity contribution in [1.82, 2.24) is 15.0 Å². The van der Waals surface area contributed by atoms with E-state index in [1.165, 1.54) is 11.3 Å². The number of carboxylic acid groups (broad SMARTS) is 1. The summed E-state index contributed by atoms with van der Waals surface area (Å²) in [6, 6.07) is 1.64. The van der Waals surface area contributed by atoms with Gasteiger partial charge < -0.3 is 5.11 Å². The summed E-state index contributed by atoms with van der Waals surface area (Å²) in [7, 11) is 0. The van der Waals surface area contributed by atoms with Crippen LogP contribution in [0, 0.1) is 0 Å². The van der Waals surface area contributed by atoms with Crippen molar-refractivity contribution in [2.24, 2.45) is 0 Å². The maximum absolute atomic E-state index is 10.7. The Hall–Kier alpha value is -1.69. The van der Waals surface area contributed by atoms with Crippen molar-refractivity contribution in [3.05, 3.63) is 23.2 Å². The quantitative estimate of drug-likeness (QED) is 0.860. The predicted octanol–water partition coefficient (Wildman–Crippen LogP) is 1.72. The second-order valence-corrected chi connectivity index (χ2v) is 3.85. The monoisotopic (exact) mass is 223 g/mol. The summed E-state index contributed by atoms with van der Waals surface area (Å²) in [5, 5.41) is 18.1. The lowest BCUT2D eigenvalue weighted by molar-refractivity contribution is 0.0697. The molecule has 5 nitrogen and oxygen atoms in total. The number of aromatic carboxylic acids is 1. The summed E-state index contributed by atoms with van der Waals surface area (Å²) in [6.45, 7) is 2.68. The Kier molecular flexibility index (Phi) is 2.51. The summed E-state index contributed by atoms with van der Waals surface area (Å²) < 4.78 is 1.73. The van der Waals surface area contributed by atoms with E-state index in [2.05, 4.69) is 10.3 Å². The third-order valence-corrected chi connectivity index (χ3v) is 2.97. The number of carboxylic acids is 1. The van der Waals surface area contributed by atoms with Gasteiger partial charge in [-0.1, -0.05) is 5.21 Å². The Morgan fingerprint density at radius 3 is 3.07 bits per heavy atom. The van der Waals surface area contributed by atoms with Crippen molar-refractivity contribution >= 4 is 17.3 Å². The van der Waals surface area contributed by atoms with E-state index >= 15 is 0 Å². The van der Waals surface area contributed by atoms with E-state index in [4.69, 9.17) is 5.11 Å². The van der Waals surface area contributed by atoms with Crippen LogP contribution in [-0.4, -0.2) is 26.1 Å². The molecule has 0 amide bonds. The maximum Gasteiger partial charge on any atom is 0.336 e. The molecule has 6 heteroatoms. The number of thiophene rings is 1. The lowest BCUT2D eigenvalue weighted by atomic mass is 10.3. The summed E-state index contributed by atoms with van der Waals surface area (Å²) in [6.07, 6.45) is 1.64. The summed E-state index contributed by atoms with van der Waals surface area (Å²) in [5.74, 6) is -0.909. The second kappa shape index (κ2) is 3.82. The molecule has 0 aliphatic rings. The van der Waals surface area contributed by atoms with Gasteiger partial charge in [-0.15, -0.1) is 16.4 Å². The van der Waals surface area contributed by atoms with Gasteiger partial charge in [-0.25, -0.2) is 9.48 Å². The largest absolute Gasteiger partial charge is 0.478 e. The molecule has 0 radical (unpaired) electrons. The van der Waals surface area contributed by atoms with E-state index in [1.54, 1.807) is 22.3 Å². The molecule has 0 aromatic carbocycles. The summed E-state index contributed by atoms with van der Waals surface area (Å²) in [4.78, 5) is 11.6. The smallest absolute Gasteiger partial charge is 0.336 e. The average molecular weight is 223 g/mol. The van der Waals surface area contributed by atoms with Gasteiger partial charge >= 0.3 is 5.97 Å². The topological polar surface area (TPSA) is 68.0 Å².